The van der Waals surface area contributed by atoms with Crippen LogP contribution in [0.5, 0.6) is 0 Å². The number of hydrogen-bond acceptors (Lipinski definition) is 2. The van der Waals surface area contributed by atoms with Crippen molar-refractivity contribution >= 4 is 15.9 Å². The van der Waals surface area contributed by atoms with E-state index in [1.165, 1.54) is 16.7 Å². The molecular formula is C17H17BrN2. The molecule has 0 fully saturated rings. The summed E-state index contributed by atoms with van der Waals surface area (Å²) < 4.78 is 1.14. The monoisotopic (exact) mass is 328 g/mol. The number of rotatable bonds is 4. The fraction of sp³-hybridized carbons (Fsp3) is 0.235. The zero-order chi connectivity index (χ0) is 14.5. The molecule has 0 aliphatic carbocycles. The molecule has 0 aliphatic heterocycles. The predicted octanol–water partition coefficient (Wildman–Crippen LogP) is 4.48. The molecule has 0 aromatic heterocycles. The van der Waals surface area contributed by atoms with Crippen LogP contribution >= 0.6 is 15.9 Å². The van der Waals surface area contributed by atoms with Crippen LogP contribution in [-0.4, -0.2) is 0 Å². The Morgan fingerprint density at radius 2 is 1.90 bits per heavy atom. The van der Waals surface area contributed by atoms with E-state index in [9.17, 15) is 0 Å². The first-order valence-electron chi connectivity index (χ1n) is 6.58. The molecule has 0 heterocycles. The van der Waals surface area contributed by atoms with Gasteiger partial charge in [-0.25, -0.2) is 0 Å². The lowest BCUT2D eigenvalue weighted by atomic mass is 10.1. The van der Waals surface area contributed by atoms with Gasteiger partial charge in [0.25, 0.3) is 0 Å². The molecule has 0 bridgehead atoms. The summed E-state index contributed by atoms with van der Waals surface area (Å²) >= 11 is 3.56. The molecule has 3 heteroatoms. The van der Waals surface area contributed by atoms with E-state index in [-0.39, 0.29) is 6.04 Å². The highest BCUT2D eigenvalue weighted by Crippen LogP contribution is 2.19. The van der Waals surface area contributed by atoms with Gasteiger partial charge in [0.1, 0.15) is 0 Å². The first kappa shape index (κ1) is 14.8. The minimum atomic E-state index is 0.253. The van der Waals surface area contributed by atoms with E-state index in [0.717, 1.165) is 11.0 Å². The average molecular weight is 329 g/mol. The number of nitriles is 1. The third kappa shape index (κ3) is 3.69. The molecule has 2 nitrogen and oxygen atoms in total. The number of aryl methyl sites for hydroxylation is 1. The van der Waals surface area contributed by atoms with E-state index in [1.807, 2.05) is 24.3 Å². The molecule has 0 amide bonds. The zero-order valence-corrected chi connectivity index (χ0v) is 13.2. The van der Waals surface area contributed by atoms with Gasteiger partial charge in [0.15, 0.2) is 0 Å². The lowest BCUT2D eigenvalue weighted by Gasteiger charge is -2.15. The standard InChI is InChI=1S/C17H17BrN2/c1-12-3-4-15(9-17(12)18)11-20-13(2)16-7-5-14(10-19)6-8-16/h3-9,13,20H,11H2,1-2H3. The molecule has 1 atom stereocenters. The van der Waals surface area contributed by atoms with Crippen LogP contribution in [0.4, 0.5) is 0 Å². The summed E-state index contributed by atoms with van der Waals surface area (Å²) in [7, 11) is 0. The molecule has 102 valence electrons. The summed E-state index contributed by atoms with van der Waals surface area (Å²) in [6, 6.07) is 16.5. The lowest BCUT2D eigenvalue weighted by Crippen LogP contribution is -2.18. The van der Waals surface area contributed by atoms with Crippen LogP contribution in [0.3, 0.4) is 0 Å². The van der Waals surface area contributed by atoms with Gasteiger partial charge in [-0.05, 0) is 48.7 Å². The number of halogens is 1. The molecule has 2 aromatic rings. The Bertz CT molecular complexity index is 626. The molecule has 1 N–H and O–H groups in total. The first-order valence-corrected chi connectivity index (χ1v) is 7.38. The van der Waals surface area contributed by atoms with E-state index < -0.39 is 0 Å². The second-order valence-corrected chi connectivity index (χ2v) is 5.77. The average Bonchev–Trinajstić information content (AvgIpc) is 2.48. The molecule has 0 saturated heterocycles. The molecule has 0 saturated carbocycles. The van der Waals surface area contributed by atoms with Crippen LogP contribution in [-0.2, 0) is 6.54 Å². The van der Waals surface area contributed by atoms with Crippen LogP contribution in [0, 0.1) is 18.3 Å². The highest BCUT2D eigenvalue weighted by molar-refractivity contribution is 9.10. The normalized spacial score (nSPS) is 11.9. The molecule has 20 heavy (non-hydrogen) atoms. The van der Waals surface area contributed by atoms with Crippen molar-refractivity contribution in [3.8, 4) is 6.07 Å². The van der Waals surface area contributed by atoms with Gasteiger partial charge in [0, 0.05) is 17.1 Å². The SMILES string of the molecule is Cc1ccc(CNC(C)c2ccc(C#N)cc2)cc1Br. The number of benzene rings is 2. The Balaban J connectivity index is 1.99. The van der Waals surface area contributed by atoms with Crippen LogP contribution in [0.1, 0.15) is 35.2 Å². The predicted molar refractivity (Wildman–Crippen MR) is 85.3 cm³/mol. The first-order chi connectivity index (χ1) is 9.60. The van der Waals surface area contributed by atoms with Gasteiger partial charge in [0.2, 0.25) is 0 Å². The molecular weight excluding hydrogens is 312 g/mol. The van der Waals surface area contributed by atoms with Gasteiger partial charge in [0.05, 0.1) is 11.6 Å². The summed E-state index contributed by atoms with van der Waals surface area (Å²) in [5.74, 6) is 0. The summed E-state index contributed by atoms with van der Waals surface area (Å²) in [4.78, 5) is 0. The van der Waals surface area contributed by atoms with Crippen molar-refractivity contribution in [3.63, 3.8) is 0 Å². The van der Waals surface area contributed by atoms with Crippen molar-refractivity contribution in [2.75, 3.05) is 0 Å². The zero-order valence-electron chi connectivity index (χ0n) is 11.7. The van der Waals surface area contributed by atoms with Crippen molar-refractivity contribution in [1.82, 2.24) is 5.32 Å². The molecule has 0 aliphatic rings. The van der Waals surface area contributed by atoms with Crippen LogP contribution in [0.25, 0.3) is 0 Å². The number of nitrogens with zero attached hydrogens (tertiary/aromatic N) is 1. The summed E-state index contributed by atoms with van der Waals surface area (Å²) in [6.45, 7) is 5.03. The van der Waals surface area contributed by atoms with Crippen molar-refractivity contribution in [1.29, 1.82) is 5.26 Å². The molecule has 2 aromatic carbocycles. The van der Waals surface area contributed by atoms with Crippen molar-refractivity contribution in [2.24, 2.45) is 0 Å². The van der Waals surface area contributed by atoms with Gasteiger partial charge in [-0.2, -0.15) is 5.26 Å². The maximum Gasteiger partial charge on any atom is 0.0991 e. The van der Waals surface area contributed by atoms with E-state index in [1.54, 1.807) is 0 Å². The van der Waals surface area contributed by atoms with Crippen molar-refractivity contribution < 1.29 is 0 Å². The fourth-order valence-electron chi connectivity index (χ4n) is 1.98. The van der Waals surface area contributed by atoms with Gasteiger partial charge < -0.3 is 5.32 Å². The van der Waals surface area contributed by atoms with Crippen LogP contribution < -0.4 is 5.32 Å². The summed E-state index contributed by atoms with van der Waals surface area (Å²) in [6.07, 6.45) is 0. The Morgan fingerprint density at radius 3 is 2.50 bits per heavy atom. The van der Waals surface area contributed by atoms with Crippen LogP contribution in [0.15, 0.2) is 46.9 Å². The molecule has 2 rings (SSSR count). The second-order valence-electron chi connectivity index (χ2n) is 4.92. The lowest BCUT2D eigenvalue weighted by molar-refractivity contribution is 0.574. The number of nitrogens with one attached hydrogen (secondary N) is 1. The second kappa shape index (κ2) is 6.69. The van der Waals surface area contributed by atoms with Gasteiger partial charge in [-0.15, -0.1) is 0 Å². The summed E-state index contributed by atoms with van der Waals surface area (Å²) in [5, 5.41) is 12.3. The van der Waals surface area contributed by atoms with E-state index in [2.05, 4.69) is 59.4 Å². The minimum Gasteiger partial charge on any atom is -0.306 e. The summed E-state index contributed by atoms with van der Waals surface area (Å²) in [5.41, 5.74) is 4.38. The molecule has 0 spiro atoms. The Morgan fingerprint density at radius 1 is 1.20 bits per heavy atom. The minimum absolute atomic E-state index is 0.253. The van der Waals surface area contributed by atoms with Gasteiger partial charge in [-0.3, -0.25) is 0 Å². The van der Waals surface area contributed by atoms with E-state index in [0.29, 0.717) is 5.56 Å². The van der Waals surface area contributed by atoms with Crippen molar-refractivity contribution in [3.05, 3.63) is 69.2 Å². The largest absolute Gasteiger partial charge is 0.306 e. The highest BCUT2D eigenvalue weighted by atomic mass is 79.9. The smallest absolute Gasteiger partial charge is 0.0991 e. The topological polar surface area (TPSA) is 35.8 Å². The Hall–Kier alpha value is -1.63. The maximum atomic E-state index is 8.80. The highest BCUT2D eigenvalue weighted by Gasteiger charge is 2.05. The quantitative estimate of drug-likeness (QED) is 0.898. The Kier molecular flexibility index (Phi) is 4.94. The Labute approximate surface area is 128 Å². The maximum absolute atomic E-state index is 8.80. The third-order valence-corrected chi connectivity index (χ3v) is 4.24. The molecule has 1 unspecified atom stereocenters. The van der Waals surface area contributed by atoms with Gasteiger partial charge >= 0.3 is 0 Å². The number of hydrogen-bond donors (Lipinski definition) is 1. The van der Waals surface area contributed by atoms with Crippen molar-refractivity contribution in [2.45, 2.75) is 26.4 Å². The van der Waals surface area contributed by atoms with Gasteiger partial charge in [-0.1, -0.05) is 40.2 Å². The fourth-order valence-corrected chi connectivity index (χ4v) is 2.41. The third-order valence-electron chi connectivity index (χ3n) is 3.39. The van der Waals surface area contributed by atoms with E-state index >= 15 is 0 Å². The van der Waals surface area contributed by atoms with Crippen LogP contribution in [0.2, 0.25) is 0 Å². The molecule has 0 radical (unpaired) electrons. The van der Waals surface area contributed by atoms with E-state index in [4.69, 9.17) is 5.26 Å².